The number of carbonyl (C=O) groups excluding carboxylic acids is 4. The summed E-state index contributed by atoms with van der Waals surface area (Å²) in [6, 6.07) is 12.5. The molecular formula is C31H34Cl2N6O6. The fourth-order valence-electron chi connectivity index (χ4n) is 5.08. The molecule has 1 saturated heterocycles. The van der Waals surface area contributed by atoms with Crippen LogP contribution in [0.1, 0.15) is 48.2 Å². The zero-order valence-corrected chi connectivity index (χ0v) is 26.5. The van der Waals surface area contributed by atoms with Gasteiger partial charge in [-0.2, -0.15) is 4.98 Å². The monoisotopic (exact) mass is 656 g/mol. The van der Waals surface area contributed by atoms with E-state index in [9.17, 15) is 24.0 Å². The first-order chi connectivity index (χ1) is 21.4. The van der Waals surface area contributed by atoms with Crippen molar-refractivity contribution in [1.29, 1.82) is 0 Å². The summed E-state index contributed by atoms with van der Waals surface area (Å²) in [4.78, 5) is 71.9. The molecule has 3 aromatic rings. The Kier molecular flexibility index (Phi) is 10.8. The molecule has 1 unspecified atom stereocenters. The van der Waals surface area contributed by atoms with Crippen molar-refractivity contribution >= 4 is 52.8 Å². The lowest BCUT2D eigenvalue weighted by atomic mass is 9.80. The third kappa shape index (κ3) is 8.00. The average Bonchev–Trinajstić information content (AvgIpc) is 3.02. The molecule has 1 fully saturated rings. The largest absolute Gasteiger partial charge is 0.467 e. The number of benzene rings is 2. The summed E-state index contributed by atoms with van der Waals surface area (Å²) in [5.74, 6) is -1.91. The SMILES string of the molecule is COC(=O)C(Cc1c[nH]c(=O)nc1NC(=O)c1c(Cl)cccc1Cl)NC(=O)N1CCC(NC(=O)C(C)C)(c2ccccc2)CC1. The summed E-state index contributed by atoms with van der Waals surface area (Å²) >= 11 is 12.3. The molecule has 1 aromatic heterocycles. The summed E-state index contributed by atoms with van der Waals surface area (Å²) in [5.41, 5.74) is -0.240. The van der Waals surface area contributed by atoms with E-state index in [-0.39, 0.29) is 45.2 Å². The van der Waals surface area contributed by atoms with Crippen LogP contribution in [-0.2, 0) is 26.3 Å². The van der Waals surface area contributed by atoms with Crippen molar-refractivity contribution in [2.45, 2.75) is 44.7 Å². The molecule has 1 aliphatic rings. The molecule has 2 aromatic carbocycles. The van der Waals surface area contributed by atoms with Gasteiger partial charge in [0.15, 0.2) is 0 Å². The first-order valence-electron chi connectivity index (χ1n) is 14.3. The summed E-state index contributed by atoms with van der Waals surface area (Å²) in [6.45, 7) is 4.24. The molecule has 2 heterocycles. The van der Waals surface area contributed by atoms with Crippen molar-refractivity contribution in [3.63, 3.8) is 0 Å². The van der Waals surface area contributed by atoms with Gasteiger partial charge in [-0.15, -0.1) is 0 Å². The van der Waals surface area contributed by atoms with Gasteiger partial charge in [0, 0.05) is 37.2 Å². The van der Waals surface area contributed by atoms with Crippen molar-refractivity contribution in [2.75, 3.05) is 25.5 Å². The number of likely N-dealkylation sites (tertiary alicyclic amines) is 1. The number of H-pyrrole nitrogens is 1. The predicted molar refractivity (Wildman–Crippen MR) is 169 cm³/mol. The number of piperidine rings is 1. The van der Waals surface area contributed by atoms with E-state index in [0.717, 1.165) is 5.56 Å². The van der Waals surface area contributed by atoms with Gasteiger partial charge in [-0.05, 0) is 30.5 Å². The van der Waals surface area contributed by atoms with E-state index in [2.05, 4.69) is 25.9 Å². The number of anilines is 1. The number of nitrogens with zero attached hydrogens (tertiary/aromatic N) is 2. The zero-order chi connectivity index (χ0) is 32.7. The summed E-state index contributed by atoms with van der Waals surface area (Å²) in [6.07, 6.45) is 2.01. The molecule has 0 radical (unpaired) electrons. The lowest BCUT2D eigenvalue weighted by molar-refractivity contribution is -0.142. The maximum atomic E-state index is 13.4. The molecule has 0 aliphatic carbocycles. The van der Waals surface area contributed by atoms with Crippen molar-refractivity contribution in [1.82, 2.24) is 25.5 Å². The van der Waals surface area contributed by atoms with Gasteiger partial charge in [-0.3, -0.25) is 9.59 Å². The number of aromatic nitrogens is 2. The Morgan fingerprint density at radius 3 is 2.27 bits per heavy atom. The normalized spacial score (nSPS) is 14.8. The van der Waals surface area contributed by atoms with E-state index in [1.165, 1.54) is 25.4 Å². The molecule has 4 N–H and O–H groups in total. The standard InChI is InChI=1S/C31H34Cl2N6O6/c1-18(2)26(40)38-31(20-8-5-4-6-9-20)12-14-39(15-13-31)30(44)35-23(28(42)45-3)16-19-17-34-29(43)37-25(19)36-27(41)24-21(32)10-7-11-22(24)33/h4-11,17-18,23H,12-16H2,1-3H3,(H,35,44)(H,38,40)(H2,34,36,37,41,43). The number of hydrogen-bond acceptors (Lipinski definition) is 7. The van der Waals surface area contributed by atoms with Crippen LogP contribution in [0.2, 0.25) is 10.0 Å². The Hall–Kier alpha value is -4.42. The first kappa shape index (κ1) is 33.5. The van der Waals surface area contributed by atoms with Crippen molar-refractivity contribution < 1.29 is 23.9 Å². The van der Waals surface area contributed by atoms with Gasteiger partial charge in [-0.1, -0.05) is 73.4 Å². The minimum absolute atomic E-state index is 0.0204. The third-order valence-electron chi connectivity index (χ3n) is 7.63. The molecule has 4 rings (SSSR count). The molecule has 14 heteroatoms. The summed E-state index contributed by atoms with van der Waals surface area (Å²) in [7, 11) is 1.18. The number of amides is 4. The maximum absolute atomic E-state index is 13.4. The quantitative estimate of drug-likeness (QED) is 0.254. The second kappa shape index (κ2) is 14.6. The Bertz CT molecular complexity index is 1600. The van der Waals surface area contributed by atoms with Crippen molar-refractivity contribution in [3.05, 3.63) is 91.9 Å². The molecule has 12 nitrogen and oxygen atoms in total. The number of urea groups is 1. The average molecular weight is 658 g/mol. The molecule has 238 valence electrons. The van der Waals surface area contributed by atoms with E-state index >= 15 is 0 Å². The topological polar surface area (TPSA) is 163 Å². The Morgan fingerprint density at radius 2 is 1.67 bits per heavy atom. The predicted octanol–water partition coefficient (Wildman–Crippen LogP) is 3.89. The number of carbonyl (C=O) groups is 4. The van der Waals surface area contributed by atoms with Crippen LogP contribution in [0, 0.1) is 5.92 Å². The highest BCUT2D eigenvalue weighted by molar-refractivity contribution is 6.40. The van der Waals surface area contributed by atoms with Gasteiger partial charge in [0.05, 0.1) is 28.3 Å². The molecule has 0 spiro atoms. The Balaban J connectivity index is 1.50. The van der Waals surface area contributed by atoms with E-state index in [4.69, 9.17) is 27.9 Å². The van der Waals surface area contributed by atoms with E-state index in [0.29, 0.717) is 25.9 Å². The van der Waals surface area contributed by atoms with Gasteiger partial charge >= 0.3 is 17.7 Å². The fourth-order valence-corrected chi connectivity index (χ4v) is 5.65. The number of aromatic amines is 1. The maximum Gasteiger partial charge on any atom is 0.346 e. The fraction of sp³-hybridized carbons (Fsp3) is 0.355. The summed E-state index contributed by atoms with van der Waals surface area (Å²) in [5, 5.41) is 8.61. The molecule has 0 saturated carbocycles. The van der Waals surface area contributed by atoms with Gasteiger partial charge in [0.1, 0.15) is 11.9 Å². The molecule has 45 heavy (non-hydrogen) atoms. The Morgan fingerprint density at radius 1 is 1.02 bits per heavy atom. The van der Waals surface area contributed by atoms with E-state index < -0.39 is 35.2 Å². The van der Waals surface area contributed by atoms with Crippen molar-refractivity contribution in [2.24, 2.45) is 5.92 Å². The first-order valence-corrected chi connectivity index (χ1v) is 15.0. The van der Waals surface area contributed by atoms with E-state index in [1.54, 1.807) is 11.0 Å². The lowest BCUT2D eigenvalue weighted by Gasteiger charge is -2.43. The highest BCUT2D eigenvalue weighted by Gasteiger charge is 2.39. The van der Waals surface area contributed by atoms with Crippen LogP contribution < -0.4 is 21.6 Å². The van der Waals surface area contributed by atoms with Gasteiger partial charge in [-0.25, -0.2) is 14.4 Å². The van der Waals surface area contributed by atoms with Gasteiger partial charge in [0.25, 0.3) is 5.91 Å². The third-order valence-corrected chi connectivity index (χ3v) is 8.26. The number of ether oxygens (including phenoxy) is 1. The minimum atomic E-state index is -1.20. The minimum Gasteiger partial charge on any atom is -0.467 e. The molecule has 1 atom stereocenters. The zero-order valence-electron chi connectivity index (χ0n) is 25.0. The molecule has 1 aliphatic heterocycles. The number of methoxy groups -OCH3 is 1. The van der Waals surface area contributed by atoms with Crippen LogP contribution in [0.25, 0.3) is 0 Å². The molecule has 0 bridgehead atoms. The molecular weight excluding hydrogens is 623 g/mol. The Labute approximate surface area is 269 Å². The summed E-state index contributed by atoms with van der Waals surface area (Å²) < 4.78 is 4.94. The number of esters is 1. The number of halogens is 2. The van der Waals surface area contributed by atoms with Crippen LogP contribution in [0.15, 0.2) is 59.5 Å². The molecule has 4 amide bonds. The van der Waals surface area contributed by atoms with Crippen LogP contribution in [-0.4, -0.2) is 64.9 Å². The van der Waals surface area contributed by atoms with Crippen LogP contribution in [0.5, 0.6) is 0 Å². The number of rotatable bonds is 9. The van der Waals surface area contributed by atoms with Gasteiger partial charge in [0.2, 0.25) is 5.91 Å². The van der Waals surface area contributed by atoms with E-state index in [1.807, 2.05) is 44.2 Å². The second-order valence-electron chi connectivity index (χ2n) is 10.9. The number of nitrogens with one attached hydrogen (secondary N) is 4. The second-order valence-corrected chi connectivity index (χ2v) is 11.8. The van der Waals surface area contributed by atoms with Crippen LogP contribution in [0.3, 0.4) is 0 Å². The number of hydrogen-bond donors (Lipinski definition) is 4. The van der Waals surface area contributed by atoms with Crippen molar-refractivity contribution in [3.8, 4) is 0 Å². The lowest BCUT2D eigenvalue weighted by Crippen LogP contribution is -2.57. The smallest absolute Gasteiger partial charge is 0.346 e. The van der Waals surface area contributed by atoms with Gasteiger partial charge < -0.3 is 30.6 Å². The highest BCUT2D eigenvalue weighted by Crippen LogP contribution is 2.33. The van der Waals surface area contributed by atoms with Crippen LogP contribution in [0.4, 0.5) is 10.6 Å². The van der Waals surface area contributed by atoms with Crippen LogP contribution >= 0.6 is 23.2 Å². The highest BCUT2D eigenvalue weighted by atomic mass is 35.5.